The summed E-state index contributed by atoms with van der Waals surface area (Å²) < 4.78 is 1.89. The van der Waals surface area contributed by atoms with Crippen LogP contribution in [0.1, 0.15) is 60.6 Å². The van der Waals surface area contributed by atoms with Gasteiger partial charge in [-0.1, -0.05) is 42.3 Å². The summed E-state index contributed by atoms with van der Waals surface area (Å²) in [5, 5.41) is 11.5. The monoisotopic (exact) mass is 422 g/mol. The SMILES string of the molecule is CN(C)c1ccc(/C=C/CN2CCC[C@H](n3cc(C(=O)NC4CCCC4)nn3)C2)cc1. The van der Waals surface area contributed by atoms with E-state index in [4.69, 9.17) is 0 Å². The van der Waals surface area contributed by atoms with E-state index >= 15 is 0 Å². The molecule has 2 fully saturated rings. The van der Waals surface area contributed by atoms with Crippen molar-refractivity contribution >= 4 is 17.7 Å². The first-order valence-corrected chi connectivity index (χ1v) is 11.5. The van der Waals surface area contributed by atoms with Crippen LogP contribution in [0.15, 0.2) is 36.5 Å². The van der Waals surface area contributed by atoms with Gasteiger partial charge in [0.2, 0.25) is 0 Å². The molecule has 2 heterocycles. The van der Waals surface area contributed by atoms with Crippen molar-refractivity contribution in [2.75, 3.05) is 38.6 Å². The van der Waals surface area contributed by atoms with Crippen molar-refractivity contribution < 1.29 is 4.79 Å². The molecule has 1 aromatic heterocycles. The lowest BCUT2D eigenvalue weighted by Gasteiger charge is -2.31. The van der Waals surface area contributed by atoms with E-state index in [-0.39, 0.29) is 11.9 Å². The highest BCUT2D eigenvalue weighted by Gasteiger charge is 2.24. The Kier molecular flexibility index (Phi) is 7.02. The molecule has 1 aliphatic carbocycles. The molecule has 1 saturated heterocycles. The summed E-state index contributed by atoms with van der Waals surface area (Å²) in [6, 6.07) is 9.15. The van der Waals surface area contributed by atoms with Gasteiger partial charge in [-0.25, -0.2) is 4.68 Å². The van der Waals surface area contributed by atoms with Crippen LogP contribution in [0, 0.1) is 0 Å². The van der Waals surface area contributed by atoms with Gasteiger partial charge in [-0.3, -0.25) is 9.69 Å². The van der Waals surface area contributed by atoms with E-state index in [1.807, 2.05) is 10.9 Å². The first kappa shape index (κ1) is 21.6. The Balaban J connectivity index is 1.29. The molecular formula is C24H34N6O. The number of nitrogens with zero attached hydrogens (tertiary/aromatic N) is 5. The van der Waals surface area contributed by atoms with E-state index in [1.54, 1.807) is 0 Å². The van der Waals surface area contributed by atoms with Gasteiger partial charge in [0.1, 0.15) is 0 Å². The van der Waals surface area contributed by atoms with Crippen LogP contribution < -0.4 is 10.2 Å². The normalized spacial score (nSPS) is 20.4. The molecule has 2 aromatic rings. The second kappa shape index (κ2) is 10.1. The number of nitrogens with one attached hydrogen (secondary N) is 1. The van der Waals surface area contributed by atoms with Crippen LogP contribution in [0.3, 0.4) is 0 Å². The first-order chi connectivity index (χ1) is 15.1. The van der Waals surface area contributed by atoms with E-state index in [9.17, 15) is 4.79 Å². The third-order valence-electron chi connectivity index (χ3n) is 6.37. The Morgan fingerprint density at radius 1 is 1.16 bits per heavy atom. The number of carbonyl (C=O) groups excluding carboxylic acids is 1. The highest BCUT2D eigenvalue weighted by molar-refractivity contribution is 5.92. The molecule has 7 heteroatoms. The number of anilines is 1. The lowest BCUT2D eigenvalue weighted by Crippen LogP contribution is -2.37. The van der Waals surface area contributed by atoms with Crippen molar-refractivity contribution in [1.82, 2.24) is 25.2 Å². The van der Waals surface area contributed by atoms with E-state index in [0.29, 0.717) is 11.7 Å². The summed E-state index contributed by atoms with van der Waals surface area (Å²) in [6.07, 6.45) is 13.0. The van der Waals surface area contributed by atoms with Gasteiger partial charge < -0.3 is 10.2 Å². The number of hydrogen-bond acceptors (Lipinski definition) is 5. The van der Waals surface area contributed by atoms with Crippen LogP contribution in [0.2, 0.25) is 0 Å². The van der Waals surface area contributed by atoms with Crippen molar-refractivity contribution in [2.24, 2.45) is 0 Å². The van der Waals surface area contributed by atoms with Crippen molar-refractivity contribution in [3.8, 4) is 0 Å². The lowest BCUT2D eigenvalue weighted by molar-refractivity contribution is 0.0932. The molecular weight excluding hydrogens is 388 g/mol. The van der Waals surface area contributed by atoms with Crippen LogP contribution in [-0.2, 0) is 0 Å². The van der Waals surface area contributed by atoms with Gasteiger partial charge in [-0.2, -0.15) is 0 Å². The number of hydrogen-bond donors (Lipinski definition) is 1. The fraction of sp³-hybridized carbons (Fsp3) is 0.542. The van der Waals surface area contributed by atoms with Gasteiger partial charge in [0.05, 0.1) is 12.2 Å². The van der Waals surface area contributed by atoms with Gasteiger partial charge in [0.25, 0.3) is 5.91 Å². The number of carbonyl (C=O) groups is 1. The summed E-state index contributed by atoms with van der Waals surface area (Å²) in [5.74, 6) is -0.0889. The maximum absolute atomic E-state index is 12.4. The van der Waals surface area contributed by atoms with Crippen LogP contribution in [0.25, 0.3) is 6.08 Å². The summed E-state index contributed by atoms with van der Waals surface area (Å²) >= 11 is 0. The molecule has 0 unspecified atom stereocenters. The van der Waals surface area contributed by atoms with Crippen LogP contribution in [-0.4, -0.2) is 65.6 Å². The summed E-state index contributed by atoms with van der Waals surface area (Å²) in [6.45, 7) is 2.93. The zero-order chi connectivity index (χ0) is 21.6. The van der Waals surface area contributed by atoms with Gasteiger partial charge in [0, 0.05) is 38.9 Å². The minimum absolute atomic E-state index is 0.0889. The minimum Gasteiger partial charge on any atom is -0.378 e. The van der Waals surface area contributed by atoms with Crippen molar-refractivity contribution in [1.29, 1.82) is 0 Å². The maximum Gasteiger partial charge on any atom is 0.273 e. The third kappa shape index (κ3) is 5.73. The van der Waals surface area contributed by atoms with E-state index in [0.717, 1.165) is 45.3 Å². The number of aromatic nitrogens is 3. The van der Waals surface area contributed by atoms with Crippen LogP contribution >= 0.6 is 0 Å². The van der Waals surface area contributed by atoms with Crippen LogP contribution in [0.5, 0.6) is 0 Å². The van der Waals surface area contributed by atoms with Crippen molar-refractivity contribution in [2.45, 2.75) is 50.6 Å². The highest BCUT2D eigenvalue weighted by Crippen LogP contribution is 2.22. The number of rotatable bonds is 7. The fourth-order valence-electron chi connectivity index (χ4n) is 4.52. The van der Waals surface area contributed by atoms with Gasteiger partial charge in [-0.05, 0) is 49.9 Å². The Bertz CT molecular complexity index is 882. The first-order valence-electron chi connectivity index (χ1n) is 11.5. The molecule has 1 saturated carbocycles. The molecule has 0 bridgehead atoms. The van der Waals surface area contributed by atoms with Crippen LogP contribution in [0.4, 0.5) is 5.69 Å². The predicted octanol–water partition coefficient (Wildman–Crippen LogP) is 3.37. The molecule has 0 radical (unpaired) electrons. The van der Waals surface area contributed by atoms with Gasteiger partial charge in [0.15, 0.2) is 5.69 Å². The topological polar surface area (TPSA) is 66.3 Å². The molecule has 4 rings (SSSR count). The second-order valence-electron chi connectivity index (χ2n) is 8.98. The second-order valence-corrected chi connectivity index (χ2v) is 8.98. The average Bonchev–Trinajstić information content (AvgIpc) is 3.47. The zero-order valence-corrected chi connectivity index (χ0v) is 18.7. The number of benzene rings is 1. The van der Waals surface area contributed by atoms with E-state index in [1.165, 1.54) is 24.1 Å². The summed E-state index contributed by atoms with van der Waals surface area (Å²) in [5.41, 5.74) is 2.86. The molecule has 1 amide bonds. The molecule has 1 aromatic carbocycles. The Labute approximate surface area is 185 Å². The van der Waals surface area contributed by atoms with E-state index < -0.39 is 0 Å². The number of amides is 1. The smallest absolute Gasteiger partial charge is 0.273 e. The standard InChI is InChI=1S/C24H34N6O/c1-28(2)21-13-11-19(12-14-21)7-5-15-29-16-6-10-22(17-29)30-18-23(26-27-30)24(31)25-20-8-3-4-9-20/h5,7,11-14,18,20,22H,3-4,6,8-10,15-17H2,1-2H3,(H,25,31)/b7-5+/t22-/m0/s1. The third-order valence-corrected chi connectivity index (χ3v) is 6.37. The van der Waals surface area contributed by atoms with Gasteiger partial charge in [-0.15, -0.1) is 5.10 Å². The molecule has 7 nitrogen and oxygen atoms in total. The molecule has 1 N–H and O–H groups in total. The van der Waals surface area contributed by atoms with Crippen molar-refractivity contribution in [3.63, 3.8) is 0 Å². The Hall–Kier alpha value is -2.67. The zero-order valence-electron chi connectivity index (χ0n) is 18.7. The Morgan fingerprint density at radius 3 is 2.68 bits per heavy atom. The molecule has 2 aliphatic rings. The average molecular weight is 423 g/mol. The Morgan fingerprint density at radius 2 is 1.94 bits per heavy atom. The predicted molar refractivity (Wildman–Crippen MR) is 124 cm³/mol. The molecule has 1 aliphatic heterocycles. The summed E-state index contributed by atoms with van der Waals surface area (Å²) in [7, 11) is 4.11. The molecule has 1 atom stereocenters. The molecule has 31 heavy (non-hydrogen) atoms. The van der Waals surface area contributed by atoms with Crippen molar-refractivity contribution in [3.05, 3.63) is 47.8 Å². The highest BCUT2D eigenvalue weighted by atomic mass is 16.2. The molecule has 166 valence electrons. The van der Waals surface area contributed by atoms with E-state index in [2.05, 4.69) is 75.9 Å². The lowest BCUT2D eigenvalue weighted by atomic mass is 10.1. The minimum atomic E-state index is -0.0889. The molecule has 0 spiro atoms. The van der Waals surface area contributed by atoms with Gasteiger partial charge >= 0.3 is 0 Å². The fourth-order valence-corrected chi connectivity index (χ4v) is 4.52. The number of piperidine rings is 1. The maximum atomic E-state index is 12.4. The largest absolute Gasteiger partial charge is 0.378 e. The summed E-state index contributed by atoms with van der Waals surface area (Å²) in [4.78, 5) is 17.0. The quantitative estimate of drug-likeness (QED) is 0.741. The number of likely N-dealkylation sites (tertiary alicyclic amines) is 1.